The van der Waals surface area contributed by atoms with Gasteiger partial charge in [0.05, 0.1) is 13.2 Å². The topological polar surface area (TPSA) is 123 Å². The number of aromatic amines is 1. The molecule has 2 rings (SSSR count). The summed E-state index contributed by atoms with van der Waals surface area (Å²) >= 11 is 0. The third-order valence-corrected chi connectivity index (χ3v) is 2.89. The summed E-state index contributed by atoms with van der Waals surface area (Å²) in [6.07, 6.45) is -0.840. The second-order valence-electron chi connectivity index (χ2n) is 4.27. The maximum Gasteiger partial charge on any atom is 0.330 e. The molecule has 0 saturated heterocycles. The minimum absolute atomic E-state index is 0.000231. The van der Waals surface area contributed by atoms with E-state index in [0.717, 1.165) is 10.6 Å². The fourth-order valence-electron chi connectivity index (χ4n) is 1.88. The van der Waals surface area contributed by atoms with Gasteiger partial charge >= 0.3 is 5.69 Å². The average molecular weight is 300 g/mol. The first-order chi connectivity index (χ1) is 10.1. The first kappa shape index (κ1) is 15.3. The Labute approximate surface area is 119 Å². The molecule has 9 nitrogen and oxygen atoms in total. The summed E-state index contributed by atoms with van der Waals surface area (Å²) in [5.74, 6) is -0.294. The van der Waals surface area contributed by atoms with Crippen LogP contribution in [0.1, 0.15) is 6.23 Å². The minimum atomic E-state index is -1.07. The van der Waals surface area contributed by atoms with Crippen LogP contribution in [0, 0.1) is 0 Å². The van der Waals surface area contributed by atoms with Crippen LogP contribution in [0.5, 0.6) is 0 Å². The summed E-state index contributed by atoms with van der Waals surface area (Å²) in [6.45, 7) is -0.0720. The van der Waals surface area contributed by atoms with Crippen LogP contribution in [-0.2, 0) is 14.2 Å². The number of aliphatic hydroxyl groups is 2. The van der Waals surface area contributed by atoms with Crippen molar-refractivity contribution in [2.45, 2.75) is 12.3 Å². The molecule has 1 aliphatic heterocycles. The molecule has 1 aliphatic rings. The molecule has 3 N–H and O–H groups in total. The number of methoxy groups -OCH3 is 1. The van der Waals surface area contributed by atoms with E-state index in [1.165, 1.54) is 13.3 Å². The van der Waals surface area contributed by atoms with Gasteiger partial charge in [-0.15, -0.1) is 0 Å². The summed E-state index contributed by atoms with van der Waals surface area (Å²) in [5, 5.41) is 19.1. The first-order valence-electron chi connectivity index (χ1n) is 6.21. The number of rotatable bonds is 6. The molecule has 9 heteroatoms. The molecule has 1 aromatic rings. The molecule has 116 valence electrons. The summed E-state index contributed by atoms with van der Waals surface area (Å²) in [7, 11) is 1.49. The van der Waals surface area contributed by atoms with Gasteiger partial charge in [-0.05, 0) is 0 Å². The summed E-state index contributed by atoms with van der Waals surface area (Å²) in [4.78, 5) is 24.9. The third-order valence-electron chi connectivity index (χ3n) is 2.89. The fourth-order valence-corrected chi connectivity index (χ4v) is 1.88. The number of hydrogen-bond acceptors (Lipinski definition) is 7. The van der Waals surface area contributed by atoms with Crippen molar-refractivity contribution in [1.82, 2.24) is 9.55 Å². The Hall–Kier alpha value is -2.10. The largest absolute Gasteiger partial charge is 0.506 e. The molecular formula is C12H16N2O7. The van der Waals surface area contributed by atoms with E-state index in [4.69, 9.17) is 19.3 Å². The highest BCUT2D eigenvalue weighted by molar-refractivity contribution is 5.15. The van der Waals surface area contributed by atoms with Gasteiger partial charge in [0, 0.05) is 19.4 Å². The van der Waals surface area contributed by atoms with Crippen LogP contribution in [-0.4, -0.2) is 52.8 Å². The van der Waals surface area contributed by atoms with Crippen molar-refractivity contribution in [1.29, 1.82) is 0 Å². The SMILES string of the molecule is COCCOC1=C(O)[C@@H](CO)OC1n1ccc(=O)[nH]c1=O. The number of aromatic nitrogens is 2. The van der Waals surface area contributed by atoms with Gasteiger partial charge < -0.3 is 24.4 Å². The molecule has 0 aromatic carbocycles. The average Bonchev–Trinajstić information content (AvgIpc) is 2.76. The van der Waals surface area contributed by atoms with Gasteiger partial charge in [-0.1, -0.05) is 0 Å². The van der Waals surface area contributed by atoms with Crippen molar-refractivity contribution < 1.29 is 24.4 Å². The maximum atomic E-state index is 11.8. The Morgan fingerprint density at radius 3 is 2.81 bits per heavy atom. The number of nitrogens with one attached hydrogen (secondary N) is 1. The van der Waals surface area contributed by atoms with Crippen LogP contribution in [0.25, 0.3) is 0 Å². The lowest BCUT2D eigenvalue weighted by atomic mass is 10.3. The number of nitrogens with zero attached hydrogens (tertiary/aromatic N) is 1. The van der Waals surface area contributed by atoms with Gasteiger partial charge in [-0.2, -0.15) is 0 Å². The van der Waals surface area contributed by atoms with Crippen LogP contribution in [0.4, 0.5) is 0 Å². The fraction of sp³-hybridized carbons (Fsp3) is 0.500. The lowest BCUT2D eigenvalue weighted by Gasteiger charge is -2.17. The van der Waals surface area contributed by atoms with Gasteiger partial charge in [0.15, 0.2) is 17.7 Å². The number of H-pyrrole nitrogens is 1. The first-order valence-corrected chi connectivity index (χ1v) is 6.21. The quantitative estimate of drug-likeness (QED) is 0.567. The molecule has 0 aliphatic carbocycles. The molecule has 2 heterocycles. The molecule has 0 saturated carbocycles. The van der Waals surface area contributed by atoms with Crippen molar-refractivity contribution in [3.63, 3.8) is 0 Å². The highest BCUT2D eigenvalue weighted by Gasteiger charge is 2.37. The van der Waals surface area contributed by atoms with E-state index in [2.05, 4.69) is 4.98 Å². The molecule has 21 heavy (non-hydrogen) atoms. The van der Waals surface area contributed by atoms with Crippen LogP contribution in [0.2, 0.25) is 0 Å². The Balaban J connectivity index is 2.32. The van der Waals surface area contributed by atoms with E-state index < -0.39 is 30.2 Å². The lowest BCUT2D eigenvalue weighted by Crippen LogP contribution is -2.33. The van der Waals surface area contributed by atoms with Crippen molar-refractivity contribution in [2.24, 2.45) is 0 Å². The van der Waals surface area contributed by atoms with Crippen LogP contribution < -0.4 is 11.2 Å². The van der Waals surface area contributed by atoms with E-state index in [1.54, 1.807) is 0 Å². The zero-order valence-corrected chi connectivity index (χ0v) is 11.3. The zero-order valence-electron chi connectivity index (χ0n) is 11.3. The monoisotopic (exact) mass is 300 g/mol. The summed E-state index contributed by atoms with van der Waals surface area (Å²) in [6, 6.07) is 1.14. The van der Waals surface area contributed by atoms with Crippen molar-refractivity contribution in [3.8, 4) is 0 Å². The standard InChI is InChI=1S/C12H16N2O7/c1-19-4-5-20-10-9(17)7(6-15)21-11(10)14-3-2-8(16)13-12(14)18/h2-3,7,11,15,17H,4-6H2,1H3,(H,13,16,18)/t7-,11?/m1/s1. The normalized spacial score (nSPS) is 21.8. The second-order valence-corrected chi connectivity index (χ2v) is 4.27. The van der Waals surface area contributed by atoms with Crippen molar-refractivity contribution in [3.05, 3.63) is 44.6 Å². The second kappa shape index (κ2) is 6.57. The van der Waals surface area contributed by atoms with E-state index in [9.17, 15) is 14.7 Å². The Kier molecular flexibility index (Phi) is 4.78. The Bertz CT molecular complexity index is 633. The zero-order chi connectivity index (χ0) is 15.4. The molecule has 2 atom stereocenters. The van der Waals surface area contributed by atoms with Gasteiger partial charge in [0.1, 0.15) is 12.7 Å². The molecule has 0 bridgehead atoms. The van der Waals surface area contributed by atoms with Gasteiger partial charge in [0.25, 0.3) is 5.56 Å². The van der Waals surface area contributed by atoms with Gasteiger partial charge in [-0.3, -0.25) is 14.3 Å². The van der Waals surface area contributed by atoms with Crippen LogP contribution >= 0.6 is 0 Å². The molecule has 0 amide bonds. The third kappa shape index (κ3) is 3.15. The smallest absolute Gasteiger partial charge is 0.330 e. The van der Waals surface area contributed by atoms with E-state index in [0.29, 0.717) is 0 Å². The molecule has 0 fully saturated rings. The Morgan fingerprint density at radius 1 is 1.43 bits per heavy atom. The number of aliphatic hydroxyl groups excluding tert-OH is 2. The molecule has 0 radical (unpaired) electrons. The molecule has 1 aromatic heterocycles. The van der Waals surface area contributed by atoms with E-state index in [-0.39, 0.29) is 24.7 Å². The van der Waals surface area contributed by atoms with E-state index >= 15 is 0 Å². The minimum Gasteiger partial charge on any atom is -0.506 e. The summed E-state index contributed by atoms with van der Waals surface area (Å²) in [5.41, 5.74) is -1.27. The predicted octanol–water partition coefficient (Wildman–Crippen LogP) is -1.14. The molecule has 0 spiro atoms. The van der Waals surface area contributed by atoms with Crippen molar-refractivity contribution >= 4 is 0 Å². The van der Waals surface area contributed by atoms with E-state index in [1.807, 2.05) is 0 Å². The Morgan fingerprint density at radius 2 is 2.19 bits per heavy atom. The van der Waals surface area contributed by atoms with Gasteiger partial charge in [-0.25, -0.2) is 4.79 Å². The predicted molar refractivity (Wildman–Crippen MR) is 69.8 cm³/mol. The lowest BCUT2D eigenvalue weighted by molar-refractivity contribution is -0.0445. The number of ether oxygens (including phenoxy) is 3. The highest BCUT2D eigenvalue weighted by atomic mass is 16.6. The molecule has 1 unspecified atom stereocenters. The maximum absolute atomic E-state index is 11.8. The van der Waals surface area contributed by atoms with Crippen molar-refractivity contribution in [2.75, 3.05) is 26.9 Å². The van der Waals surface area contributed by atoms with Crippen LogP contribution in [0.15, 0.2) is 33.4 Å². The van der Waals surface area contributed by atoms with Crippen LogP contribution in [0.3, 0.4) is 0 Å². The highest BCUT2D eigenvalue weighted by Crippen LogP contribution is 2.32. The molecular weight excluding hydrogens is 284 g/mol. The van der Waals surface area contributed by atoms with Gasteiger partial charge in [0.2, 0.25) is 0 Å². The summed E-state index contributed by atoms with van der Waals surface area (Å²) < 4.78 is 16.6. The number of hydrogen-bond donors (Lipinski definition) is 3.